The summed E-state index contributed by atoms with van der Waals surface area (Å²) in [6.45, 7) is 0.652. The zero-order valence-electron chi connectivity index (χ0n) is 15.9. The predicted octanol–water partition coefficient (Wildman–Crippen LogP) is 1.86. The van der Waals surface area contributed by atoms with Gasteiger partial charge in [-0.25, -0.2) is 4.98 Å². The van der Waals surface area contributed by atoms with Crippen LogP contribution in [-0.2, 0) is 24.7 Å². The van der Waals surface area contributed by atoms with Gasteiger partial charge in [0.15, 0.2) is 5.11 Å². The summed E-state index contributed by atoms with van der Waals surface area (Å²) >= 11 is 5.19. The summed E-state index contributed by atoms with van der Waals surface area (Å²) in [6, 6.07) is 15.6. The Balaban J connectivity index is 1.41. The van der Waals surface area contributed by atoms with Crippen molar-refractivity contribution in [1.29, 1.82) is 0 Å². The molecule has 1 heterocycles. The lowest BCUT2D eigenvalue weighted by molar-refractivity contribution is -0.121. The highest BCUT2D eigenvalue weighted by molar-refractivity contribution is 7.80. The van der Waals surface area contributed by atoms with Crippen LogP contribution >= 0.6 is 12.2 Å². The SMILES string of the molecule is COc1ccc(CCNC(=S)NNC(=O)Cc2nc3ccccc3n2C)cc1. The third-order valence-electron chi connectivity index (χ3n) is 4.37. The molecule has 0 saturated carbocycles. The first-order valence-corrected chi connectivity index (χ1v) is 9.33. The molecule has 3 rings (SSSR count). The second-order valence-corrected chi connectivity index (χ2v) is 6.69. The number of aryl methyl sites for hydroxylation is 1. The number of thiocarbonyl (C=S) groups is 1. The molecule has 1 amide bonds. The largest absolute Gasteiger partial charge is 0.497 e. The fraction of sp³-hybridized carbons (Fsp3) is 0.250. The summed E-state index contributed by atoms with van der Waals surface area (Å²) in [4.78, 5) is 16.7. The van der Waals surface area contributed by atoms with Crippen LogP contribution in [0.1, 0.15) is 11.4 Å². The average molecular weight is 398 g/mol. The van der Waals surface area contributed by atoms with Crippen LogP contribution in [0, 0.1) is 0 Å². The van der Waals surface area contributed by atoms with Gasteiger partial charge in [0.2, 0.25) is 5.91 Å². The van der Waals surface area contributed by atoms with Crippen molar-refractivity contribution >= 4 is 34.3 Å². The van der Waals surface area contributed by atoms with Crippen molar-refractivity contribution in [1.82, 2.24) is 25.7 Å². The molecule has 8 heteroatoms. The molecule has 0 aliphatic heterocycles. The summed E-state index contributed by atoms with van der Waals surface area (Å²) in [5.41, 5.74) is 8.36. The number of imidazole rings is 1. The molecule has 146 valence electrons. The highest BCUT2D eigenvalue weighted by Crippen LogP contribution is 2.14. The van der Waals surface area contributed by atoms with Crippen LogP contribution in [0.4, 0.5) is 0 Å². The number of methoxy groups -OCH3 is 1. The molecular formula is C20H23N5O2S. The van der Waals surface area contributed by atoms with E-state index in [2.05, 4.69) is 21.2 Å². The number of nitrogens with one attached hydrogen (secondary N) is 3. The molecule has 0 bridgehead atoms. The van der Waals surface area contributed by atoms with E-state index >= 15 is 0 Å². The number of rotatable bonds is 6. The molecule has 0 radical (unpaired) electrons. The van der Waals surface area contributed by atoms with Crippen molar-refractivity contribution in [3.8, 4) is 5.75 Å². The highest BCUT2D eigenvalue weighted by Gasteiger charge is 2.11. The lowest BCUT2D eigenvalue weighted by Crippen LogP contribution is -2.47. The van der Waals surface area contributed by atoms with Gasteiger partial charge < -0.3 is 14.6 Å². The molecule has 0 aliphatic rings. The third-order valence-corrected chi connectivity index (χ3v) is 4.62. The lowest BCUT2D eigenvalue weighted by atomic mass is 10.1. The number of amides is 1. The van der Waals surface area contributed by atoms with Crippen molar-refractivity contribution in [3.63, 3.8) is 0 Å². The topological polar surface area (TPSA) is 80.2 Å². The van der Waals surface area contributed by atoms with Crippen LogP contribution in [0.3, 0.4) is 0 Å². The molecule has 0 saturated heterocycles. The van der Waals surface area contributed by atoms with E-state index in [1.165, 1.54) is 5.56 Å². The molecule has 1 aromatic heterocycles. The van der Waals surface area contributed by atoms with Gasteiger partial charge in [0, 0.05) is 13.6 Å². The minimum Gasteiger partial charge on any atom is -0.497 e. The minimum absolute atomic E-state index is 0.159. The number of ether oxygens (including phenoxy) is 1. The Hall–Kier alpha value is -3.13. The molecule has 2 aromatic carbocycles. The number of benzene rings is 2. The number of nitrogens with zero attached hydrogens (tertiary/aromatic N) is 2. The van der Waals surface area contributed by atoms with Gasteiger partial charge in [-0.05, 0) is 48.5 Å². The Kier molecular flexibility index (Phi) is 6.44. The zero-order chi connectivity index (χ0) is 19.9. The van der Waals surface area contributed by atoms with Crippen LogP contribution < -0.4 is 20.9 Å². The molecule has 3 aromatic rings. The van der Waals surface area contributed by atoms with Gasteiger partial charge in [-0.3, -0.25) is 15.6 Å². The standard InChI is InChI=1S/C20H23N5O2S/c1-25-17-6-4-3-5-16(17)22-18(25)13-19(26)23-24-20(28)21-12-11-14-7-9-15(27-2)10-8-14/h3-10H,11-13H2,1-2H3,(H,23,26)(H2,21,24,28). The summed E-state index contributed by atoms with van der Waals surface area (Å²) < 4.78 is 7.06. The van der Waals surface area contributed by atoms with Crippen LogP contribution in [0.2, 0.25) is 0 Å². The Bertz CT molecular complexity index is 968. The van der Waals surface area contributed by atoms with Gasteiger partial charge in [-0.2, -0.15) is 0 Å². The van der Waals surface area contributed by atoms with E-state index in [4.69, 9.17) is 17.0 Å². The normalized spacial score (nSPS) is 10.5. The number of fused-ring (bicyclic) bond motifs is 1. The fourth-order valence-electron chi connectivity index (χ4n) is 2.82. The second-order valence-electron chi connectivity index (χ2n) is 6.28. The predicted molar refractivity (Wildman–Crippen MR) is 113 cm³/mol. The second kappa shape index (κ2) is 9.18. The van der Waals surface area contributed by atoms with Gasteiger partial charge in [-0.15, -0.1) is 0 Å². The van der Waals surface area contributed by atoms with E-state index in [1.54, 1.807) is 7.11 Å². The molecule has 0 fully saturated rings. The molecule has 0 spiro atoms. The highest BCUT2D eigenvalue weighted by atomic mass is 32.1. The minimum atomic E-state index is -0.210. The Morgan fingerprint density at radius 3 is 2.61 bits per heavy atom. The molecule has 28 heavy (non-hydrogen) atoms. The summed E-state index contributed by atoms with van der Waals surface area (Å²) in [5, 5.41) is 3.43. The zero-order valence-corrected chi connectivity index (χ0v) is 16.7. The number of hydrogen-bond acceptors (Lipinski definition) is 4. The van der Waals surface area contributed by atoms with E-state index in [-0.39, 0.29) is 12.3 Å². The van der Waals surface area contributed by atoms with E-state index in [0.717, 1.165) is 23.2 Å². The smallest absolute Gasteiger partial charge is 0.245 e. The van der Waals surface area contributed by atoms with Crippen molar-refractivity contribution in [2.45, 2.75) is 12.8 Å². The molecule has 0 atom stereocenters. The van der Waals surface area contributed by atoms with Crippen molar-refractivity contribution in [2.24, 2.45) is 7.05 Å². The number of carbonyl (C=O) groups is 1. The first-order chi connectivity index (χ1) is 13.6. The number of aromatic nitrogens is 2. The Morgan fingerprint density at radius 2 is 1.89 bits per heavy atom. The van der Waals surface area contributed by atoms with Gasteiger partial charge >= 0.3 is 0 Å². The first kappa shape index (κ1) is 19.6. The van der Waals surface area contributed by atoms with Crippen molar-refractivity contribution in [3.05, 3.63) is 59.9 Å². The molecule has 7 nitrogen and oxygen atoms in total. The van der Waals surface area contributed by atoms with E-state index in [9.17, 15) is 4.79 Å². The van der Waals surface area contributed by atoms with Gasteiger partial charge in [-0.1, -0.05) is 24.3 Å². The molecule has 3 N–H and O–H groups in total. The van der Waals surface area contributed by atoms with Crippen LogP contribution in [0.15, 0.2) is 48.5 Å². The van der Waals surface area contributed by atoms with Gasteiger partial charge in [0.05, 0.1) is 24.6 Å². The maximum absolute atomic E-state index is 12.2. The van der Waals surface area contributed by atoms with E-state index in [0.29, 0.717) is 17.5 Å². The van der Waals surface area contributed by atoms with Crippen molar-refractivity contribution in [2.75, 3.05) is 13.7 Å². The number of hydrazine groups is 1. The summed E-state index contributed by atoms with van der Waals surface area (Å²) in [5.74, 6) is 1.31. The molecule has 0 unspecified atom stereocenters. The maximum atomic E-state index is 12.2. The van der Waals surface area contributed by atoms with Crippen molar-refractivity contribution < 1.29 is 9.53 Å². The first-order valence-electron chi connectivity index (χ1n) is 8.93. The number of carbonyl (C=O) groups excluding carboxylic acids is 1. The van der Waals surface area contributed by atoms with Crippen LogP contribution in [-0.4, -0.2) is 34.2 Å². The summed E-state index contributed by atoms with van der Waals surface area (Å²) in [7, 11) is 3.54. The van der Waals surface area contributed by atoms with Crippen LogP contribution in [0.25, 0.3) is 11.0 Å². The fourth-order valence-corrected chi connectivity index (χ4v) is 2.98. The lowest BCUT2D eigenvalue weighted by Gasteiger charge is -2.11. The Morgan fingerprint density at radius 1 is 1.14 bits per heavy atom. The van der Waals surface area contributed by atoms with E-state index < -0.39 is 0 Å². The van der Waals surface area contributed by atoms with Gasteiger partial charge in [0.25, 0.3) is 0 Å². The molecular weight excluding hydrogens is 374 g/mol. The number of hydrogen-bond donors (Lipinski definition) is 3. The summed E-state index contributed by atoms with van der Waals surface area (Å²) in [6.07, 6.45) is 0.965. The number of para-hydroxylation sites is 2. The van der Waals surface area contributed by atoms with E-state index in [1.807, 2.05) is 60.1 Å². The van der Waals surface area contributed by atoms with Crippen LogP contribution in [0.5, 0.6) is 5.75 Å². The maximum Gasteiger partial charge on any atom is 0.245 e. The third kappa shape index (κ3) is 4.98. The van der Waals surface area contributed by atoms with Gasteiger partial charge in [0.1, 0.15) is 11.6 Å². The monoisotopic (exact) mass is 397 g/mol. The average Bonchev–Trinajstić information content (AvgIpc) is 3.02. The molecule has 0 aliphatic carbocycles. The quantitative estimate of drug-likeness (QED) is 0.435. The Labute approximate surface area is 169 Å².